The second kappa shape index (κ2) is 7.62. The smallest absolute Gasteiger partial charge is 0.391 e. The van der Waals surface area contributed by atoms with Gasteiger partial charge >= 0.3 is 6.18 Å². The van der Waals surface area contributed by atoms with Gasteiger partial charge in [0.2, 0.25) is 0 Å². The molecule has 1 aromatic rings. The molecule has 2 atom stereocenters. The molecule has 1 N–H and O–H groups in total. The summed E-state index contributed by atoms with van der Waals surface area (Å²) in [6.07, 6.45) is -3.21. The van der Waals surface area contributed by atoms with Crippen molar-refractivity contribution in [1.29, 1.82) is 0 Å². The van der Waals surface area contributed by atoms with Crippen molar-refractivity contribution >= 4 is 29.1 Å². The van der Waals surface area contributed by atoms with Crippen LogP contribution in [0.4, 0.5) is 13.2 Å². The molecule has 0 spiro atoms. The minimum absolute atomic E-state index is 0.0901. The average molecular weight is 370 g/mol. The van der Waals surface area contributed by atoms with Crippen LogP contribution < -0.4 is 10.1 Å². The van der Waals surface area contributed by atoms with E-state index >= 15 is 0 Å². The van der Waals surface area contributed by atoms with Gasteiger partial charge in [0.25, 0.3) is 5.91 Å². The maximum absolute atomic E-state index is 12.7. The summed E-state index contributed by atoms with van der Waals surface area (Å²) in [5, 5.41) is 3.30. The summed E-state index contributed by atoms with van der Waals surface area (Å²) in [5.41, 5.74) is 0. The van der Waals surface area contributed by atoms with E-state index in [2.05, 4.69) is 5.32 Å². The molecule has 1 saturated carbocycles. The van der Waals surface area contributed by atoms with E-state index in [1.807, 2.05) is 0 Å². The highest BCUT2D eigenvalue weighted by molar-refractivity contribution is 6.34. The van der Waals surface area contributed by atoms with Crippen LogP contribution in [0.1, 0.15) is 25.7 Å². The highest BCUT2D eigenvalue weighted by Gasteiger charge is 2.42. The van der Waals surface area contributed by atoms with Crippen LogP contribution in [0.3, 0.4) is 0 Å². The summed E-state index contributed by atoms with van der Waals surface area (Å²) in [6, 6.07) is 4.10. The number of rotatable bonds is 4. The minimum atomic E-state index is -4.21. The van der Waals surface area contributed by atoms with E-state index in [1.165, 1.54) is 12.1 Å². The second-order valence-electron chi connectivity index (χ2n) is 5.53. The van der Waals surface area contributed by atoms with Gasteiger partial charge in [0.15, 0.2) is 6.61 Å². The number of amides is 1. The molecule has 128 valence electrons. The molecule has 0 heterocycles. The molecule has 1 fully saturated rings. The van der Waals surface area contributed by atoms with Gasteiger partial charge in [-0.2, -0.15) is 13.2 Å². The van der Waals surface area contributed by atoms with Crippen molar-refractivity contribution in [2.24, 2.45) is 5.92 Å². The number of nitrogens with one attached hydrogen (secondary N) is 1. The summed E-state index contributed by atoms with van der Waals surface area (Å²) in [7, 11) is 0. The quantitative estimate of drug-likeness (QED) is 0.841. The number of hydrogen-bond donors (Lipinski definition) is 1. The highest BCUT2D eigenvalue weighted by Crippen LogP contribution is 2.37. The lowest BCUT2D eigenvalue weighted by molar-refractivity contribution is -0.184. The van der Waals surface area contributed by atoms with Gasteiger partial charge in [-0.05, 0) is 31.4 Å². The first-order valence-corrected chi connectivity index (χ1v) is 7.95. The fourth-order valence-electron chi connectivity index (χ4n) is 2.62. The third kappa shape index (κ3) is 5.46. The number of ether oxygens (including phenoxy) is 1. The van der Waals surface area contributed by atoms with E-state index in [0.717, 1.165) is 0 Å². The molecule has 0 radical (unpaired) electrons. The molecular weight excluding hydrogens is 354 g/mol. The Hall–Kier alpha value is -1.14. The number of alkyl halides is 3. The molecule has 8 heteroatoms. The first kappa shape index (κ1) is 18.2. The Bertz CT molecular complexity index is 566. The molecule has 0 bridgehead atoms. The van der Waals surface area contributed by atoms with E-state index in [0.29, 0.717) is 22.9 Å². The molecule has 1 aliphatic carbocycles. The SMILES string of the molecule is O=C(COc1cc(Cl)ccc1Cl)N[C@@H]1CCC[C@@H](C(F)(F)F)C1. The fourth-order valence-corrected chi connectivity index (χ4v) is 2.95. The molecule has 0 aromatic heterocycles. The first-order chi connectivity index (χ1) is 10.8. The Morgan fingerprint density at radius 1 is 1.30 bits per heavy atom. The zero-order chi connectivity index (χ0) is 17.0. The van der Waals surface area contributed by atoms with Gasteiger partial charge in [-0.15, -0.1) is 0 Å². The van der Waals surface area contributed by atoms with Crippen molar-refractivity contribution < 1.29 is 22.7 Å². The topological polar surface area (TPSA) is 38.3 Å². The minimum Gasteiger partial charge on any atom is -0.482 e. The molecule has 3 nitrogen and oxygen atoms in total. The van der Waals surface area contributed by atoms with Crippen LogP contribution in [-0.2, 0) is 4.79 Å². The van der Waals surface area contributed by atoms with Crippen LogP contribution in [0.2, 0.25) is 10.0 Å². The number of hydrogen-bond acceptors (Lipinski definition) is 2. The Kier molecular flexibility index (Phi) is 6.03. The van der Waals surface area contributed by atoms with Gasteiger partial charge in [0, 0.05) is 17.1 Å². The van der Waals surface area contributed by atoms with Crippen molar-refractivity contribution in [3.63, 3.8) is 0 Å². The van der Waals surface area contributed by atoms with Crippen LogP contribution in [-0.4, -0.2) is 24.7 Å². The number of carbonyl (C=O) groups is 1. The molecule has 2 rings (SSSR count). The first-order valence-electron chi connectivity index (χ1n) is 7.19. The van der Waals surface area contributed by atoms with Gasteiger partial charge < -0.3 is 10.1 Å². The summed E-state index contributed by atoms with van der Waals surface area (Å²) >= 11 is 11.7. The Labute approximate surface area is 142 Å². The molecular formula is C15H16Cl2F3NO2. The molecule has 0 aliphatic heterocycles. The zero-order valence-electron chi connectivity index (χ0n) is 12.1. The van der Waals surface area contributed by atoms with Gasteiger partial charge in [0.1, 0.15) is 5.75 Å². The number of halogens is 5. The third-order valence-electron chi connectivity index (χ3n) is 3.75. The highest BCUT2D eigenvalue weighted by atomic mass is 35.5. The van der Waals surface area contributed by atoms with Crippen molar-refractivity contribution in [3.05, 3.63) is 28.2 Å². The predicted octanol–water partition coefficient (Wildman–Crippen LogP) is 4.61. The Balaban J connectivity index is 1.84. The second-order valence-corrected chi connectivity index (χ2v) is 6.38. The maximum Gasteiger partial charge on any atom is 0.391 e. The summed E-state index contributed by atoms with van der Waals surface area (Å²) in [6.45, 7) is -0.326. The number of benzene rings is 1. The van der Waals surface area contributed by atoms with Gasteiger partial charge in [-0.3, -0.25) is 4.79 Å². The van der Waals surface area contributed by atoms with Gasteiger partial charge in [0.05, 0.1) is 10.9 Å². The molecule has 0 saturated heterocycles. The monoisotopic (exact) mass is 369 g/mol. The maximum atomic E-state index is 12.7. The van der Waals surface area contributed by atoms with Crippen LogP contribution in [0.25, 0.3) is 0 Å². The Morgan fingerprint density at radius 3 is 2.74 bits per heavy atom. The van der Waals surface area contributed by atoms with Crippen LogP contribution in [0.5, 0.6) is 5.75 Å². The van der Waals surface area contributed by atoms with Crippen molar-refractivity contribution in [2.75, 3.05) is 6.61 Å². The third-order valence-corrected chi connectivity index (χ3v) is 4.30. The predicted molar refractivity (Wildman–Crippen MR) is 81.9 cm³/mol. The van der Waals surface area contributed by atoms with E-state index in [4.69, 9.17) is 27.9 Å². The van der Waals surface area contributed by atoms with Crippen molar-refractivity contribution in [2.45, 2.75) is 37.9 Å². The van der Waals surface area contributed by atoms with Gasteiger partial charge in [-0.25, -0.2) is 0 Å². The lowest BCUT2D eigenvalue weighted by Gasteiger charge is -2.31. The van der Waals surface area contributed by atoms with Crippen molar-refractivity contribution in [1.82, 2.24) is 5.32 Å². The van der Waals surface area contributed by atoms with E-state index in [-0.39, 0.29) is 25.2 Å². The normalized spacial score (nSPS) is 21.8. The van der Waals surface area contributed by atoms with Crippen LogP contribution >= 0.6 is 23.2 Å². The molecule has 23 heavy (non-hydrogen) atoms. The lowest BCUT2D eigenvalue weighted by atomic mass is 9.85. The van der Waals surface area contributed by atoms with Gasteiger partial charge in [-0.1, -0.05) is 29.6 Å². The summed E-state index contributed by atoms with van der Waals surface area (Å²) < 4.78 is 43.5. The summed E-state index contributed by atoms with van der Waals surface area (Å²) in [5.74, 6) is -1.58. The standard InChI is InChI=1S/C15H16Cl2F3NO2/c16-10-4-5-12(17)13(7-10)23-8-14(22)21-11-3-1-2-9(6-11)15(18,19)20/h4-5,7,9,11H,1-3,6,8H2,(H,21,22)/t9-,11-/m1/s1. The Morgan fingerprint density at radius 2 is 2.04 bits per heavy atom. The largest absolute Gasteiger partial charge is 0.482 e. The van der Waals surface area contributed by atoms with E-state index in [1.54, 1.807) is 6.07 Å². The average Bonchev–Trinajstić information content (AvgIpc) is 2.47. The van der Waals surface area contributed by atoms with Crippen LogP contribution in [0.15, 0.2) is 18.2 Å². The van der Waals surface area contributed by atoms with Crippen LogP contribution in [0, 0.1) is 5.92 Å². The summed E-state index contributed by atoms with van der Waals surface area (Å²) in [4.78, 5) is 11.8. The lowest BCUT2D eigenvalue weighted by Crippen LogP contribution is -2.43. The number of carbonyl (C=O) groups excluding carboxylic acids is 1. The molecule has 1 aliphatic rings. The van der Waals surface area contributed by atoms with Crippen molar-refractivity contribution in [3.8, 4) is 5.75 Å². The fraction of sp³-hybridized carbons (Fsp3) is 0.533. The van der Waals surface area contributed by atoms with E-state index < -0.39 is 24.0 Å². The molecule has 1 amide bonds. The molecule has 1 aromatic carbocycles. The zero-order valence-corrected chi connectivity index (χ0v) is 13.6. The molecule has 0 unspecified atom stereocenters. The van der Waals surface area contributed by atoms with E-state index in [9.17, 15) is 18.0 Å².